The Labute approximate surface area is 143 Å². The van der Waals surface area contributed by atoms with Crippen LogP contribution in [0, 0.1) is 5.82 Å². The number of hydrogen-bond acceptors (Lipinski definition) is 5. The van der Waals surface area contributed by atoms with Gasteiger partial charge in [0.25, 0.3) is 0 Å². The van der Waals surface area contributed by atoms with Crippen LogP contribution in [-0.4, -0.2) is 53.0 Å². The van der Waals surface area contributed by atoms with Crippen LogP contribution >= 0.6 is 12.2 Å². The lowest BCUT2D eigenvalue weighted by atomic mass is 10.2. The highest BCUT2D eigenvalue weighted by Gasteiger charge is 2.20. The van der Waals surface area contributed by atoms with E-state index in [-0.39, 0.29) is 16.7 Å². The first-order valence-corrected chi connectivity index (χ1v) is 7.95. The van der Waals surface area contributed by atoms with Crippen molar-refractivity contribution in [3.05, 3.63) is 24.0 Å². The second-order valence-electron chi connectivity index (χ2n) is 5.39. The number of morpholine rings is 1. The second kappa shape index (κ2) is 7.20. The van der Waals surface area contributed by atoms with Gasteiger partial charge in [-0.1, -0.05) is 0 Å². The van der Waals surface area contributed by atoms with Gasteiger partial charge in [0, 0.05) is 25.5 Å². The number of rotatable bonds is 3. The third kappa shape index (κ3) is 3.37. The van der Waals surface area contributed by atoms with Crippen molar-refractivity contribution in [2.45, 2.75) is 6.67 Å². The molecule has 0 amide bonds. The van der Waals surface area contributed by atoms with E-state index >= 15 is 0 Å². The number of nitrogens with zero attached hydrogens (tertiary/aromatic N) is 4. The number of hydrogen-bond donors (Lipinski definition) is 2. The Balaban J connectivity index is 2.03. The van der Waals surface area contributed by atoms with Gasteiger partial charge in [0.05, 0.1) is 25.4 Å². The molecule has 3 rings (SSSR count). The smallest absolute Gasteiger partial charge is 0.221 e. The third-order valence-corrected chi connectivity index (χ3v) is 4.16. The van der Waals surface area contributed by atoms with E-state index in [9.17, 15) is 9.50 Å². The van der Waals surface area contributed by atoms with Crippen molar-refractivity contribution in [2.24, 2.45) is 10.2 Å². The number of aromatic hydroxyl groups is 1. The molecule has 0 radical (unpaired) electrons. The zero-order valence-electron chi connectivity index (χ0n) is 13.2. The van der Waals surface area contributed by atoms with Crippen molar-refractivity contribution >= 4 is 33.9 Å². The number of azo groups is 1. The molecule has 1 saturated heterocycles. The minimum Gasteiger partial charge on any atom is -0.493 e. The highest BCUT2D eigenvalue weighted by Crippen LogP contribution is 2.39. The van der Waals surface area contributed by atoms with E-state index in [0.29, 0.717) is 30.8 Å². The summed E-state index contributed by atoms with van der Waals surface area (Å²) in [6, 6.07) is 4.32. The molecule has 0 atom stereocenters. The van der Waals surface area contributed by atoms with Crippen LogP contribution in [0.5, 0.6) is 5.88 Å². The molecule has 1 aliphatic rings. The summed E-state index contributed by atoms with van der Waals surface area (Å²) in [6.45, 7) is 3.29. The number of halogens is 1. The molecule has 0 unspecified atom stereocenters. The fraction of sp³-hybridized carbons (Fsp3) is 0.400. The van der Waals surface area contributed by atoms with E-state index in [2.05, 4.69) is 20.4 Å². The van der Waals surface area contributed by atoms with Gasteiger partial charge in [0.15, 0.2) is 5.69 Å². The van der Waals surface area contributed by atoms with Crippen LogP contribution < -0.4 is 5.32 Å². The minimum absolute atomic E-state index is 0.0651. The zero-order chi connectivity index (χ0) is 17.1. The Hall–Kier alpha value is -2.10. The van der Waals surface area contributed by atoms with Crippen molar-refractivity contribution in [2.75, 3.05) is 33.4 Å². The molecule has 2 aromatic rings. The molecule has 0 spiro atoms. The standard InChI is InChI=1S/C15H18FN5O2S/c1-17-15(24)19-18-13-11-8-10(16)2-3-12(11)21(14(13)22)9-20-4-6-23-7-5-20/h2-3,8,22H,4-7,9H2,1H3,(H,17,24). The minimum atomic E-state index is -0.404. The number of benzene rings is 1. The van der Waals surface area contributed by atoms with Gasteiger partial charge in [-0.05, 0) is 30.4 Å². The van der Waals surface area contributed by atoms with Gasteiger partial charge in [-0.2, -0.15) is 0 Å². The maximum absolute atomic E-state index is 13.7. The Morgan fingerprint density at radius 2 is 2.17 bits per heavy atom. The van der Waals surface area contributed by atoms with Gasteiger partial charge >= 0.3 is 0 Å². The van der Waals surface area contributed by atoms with Gasteiger partial charge in [0.2, 0.25) is 11.0 Å². The molecular formula is C15H18FN5O2S. The molecule has 9 heteroatoms. The highest BCUT2D eigenvalue weighted by atomic mass is 32.1. The number of aromatic nitrogens is 1. The molecule has 0 aliphatic carbocycles. The SMILES string of the molecule is CNC(=S)N=Nc1c(O)n(CN2CCOCC2)c2ccc(F)cc12. The third-order valence-electron chi connectivity index (χ3n) is 3.87. The topological polar surface area (TPSA) is 74.4 Å². The summed E-state index contributed by atoms with van der Waals surface area (Å²) in [7, 11) is 1.63. The summed E-state index contributed by atoms with van der Waals surface area (Å²) >= 11 is 4.93. The van der Waals surface area contributed by atoms with E-state index in [0.717, 1.165) is 13.1 Å². The van der Waals surface area contributed by atoms with E-state index in [1.54, 1.807) is 17.7 Å². The lowest BCUT2D eigenvalue weighted by Crippen LogP contribution is -2.37. The molecule has 1 aromatic heterocycles. The van der Waals surface area contributed by atoms with Gasteiger partial charge in [-0.3, -0.25) is 9.47 Å². The molecule has 2 N–H and O–H groups in total. The van der Waals surface area contributed by atoms with Crippen LogP contribution in [0.4, 0.5) is 10.1 Å². The Morgan fingerprint density at radius 3 is 2.88 bits per heavy atom. The summed E-state index contributed by atoms with van der Waals surface area (Å²) in [5.41, 5.74) is 0.889. The molecule has 0 saturated carbocycles. The van der Waals surface area contributed by atoms with Crippen molar-refractivity contribution in [3.63, 3.8) is 0 Å². The Kier molecular flexibility index (Phi) is 5.03. The van der Waals surface area contributed by atoms with Crippen molar-refractivity contribution < 1.29 is 14.2 Å². The second-order valence-corrected chi connectivity index (χ2v) is 5.78. The normalized spacial score (nSPS) is 16.1. The summed E-state index contributed by atoms with van der Waals surface area (Å²) < 4.78 is 20.7. The molecule has 1 fully saturated rings. The molecule has 1 aliphatic heterocycles. The van der Waals surface area contributed by atoms with Gasteiger partial charge in [-0.15, -0.1) is 10.2 Å². The van der Waals surface area contributed by atoms with Gasteiger partial charge in [-0.25, -0.2) is 4.39 Å². The molecular weight excluding hydrogens is 333 g/mol. The lowest BCUT2D eigenvalue weighted by molar-refractivity contribution is 0.0231. The van der Waals surface area contributed by atoms with Crippen LogP contribution in [0.15, 0.2) is 28.4 Å². The van der Waals surface area contributed by atoms with E-state index in [4.69, 9.17) is 17.0 Å². The highest BCUT2D eigenvalue weighted by molar-refractivity contribution is 7.80. The average molecular weight is 351 g/mol. The fourth-order valence-corrected chi connectivity index (χ4v) is 2.67. The van der Waals surface area contributed by atoms with Crippen LogP contribution in [0.1, 0.15) is 0 Å². The maximum Gasteiger partial charge on any atom is 0.221 e. The average Bonchev–Trinajstić information content (AvgIpc) is 2.85. The summed E-state index contributed by atoms with van der Waals surface area (Å²) in [5, 5.41) is 21.8. The summed E-state index contributed by atoms with van der Waals surface area (Å²) in [6.07, 6.45) is 0. The lowest BCUT2D eigenvalue weighted by Gasteiger charge is -2.27. The van der Waals surface area contributed by atoms with E-state index in [1.807, 2.05) is 0 Å². The number of fused-ring (bicyclic) bond motifs is 1. The molecule has 0 bridgehead atoms. The van der Waals surface area contributed by atoms with Gasteiger partial charge < -0.3 is 15.2 Å². The first-order valence-electron chi connectivity index (χ1n) is 7.54. The largest absolute Gasteiger partial charge is 0.493 e. The molecule has 24 heavy (non-hydrogen) atoms. The maximum atomic E-state index is 13.7. The fourth-order valence-electron chi connectivity index (χ4n) is 2.63. The predicted molar refractivity (Wildman–Crippen MR) is 92.1 cm³/mol. The summed E-state index contributed by atoms with van der Waals surface area (Å²) in [5.74, 6) is -0.469. The van der Waals surface area contributed by atoms with Crippen LogP contribution in [0.3, 0.4) is 0 Å². The van der Waals surface area contributed by atoms with Crippen molar-refractivity contribution in [1.82, 2.24) is 14.8 Å². The van der Waals surface area contributed by atoms with Crippen molar-refractivity contribution in [3.8, 4) is 5.88 Å². The Morgan fingerprint density at radius 1 is 1.42 bits per heavy atom. The molecule has 1 aromatic carbocycles. The monoisotopic (exact) mass is 351 g/mol. The molecule has 7 nitrogen and oxygen atoms in total. The zero-order valence-corrected chi connectivity index (χ0v) is 14.0. The Bertz CT molecular complexity index is 786. The predicted octanol–water partition coefficient (Wildman–Crippen LogP) is 2.36. The molecule has 128 valence electrons. The first-order chi connectivity index (χ1) is 11.6. The van der Waals surface area contributed by atoms with Crippen LogP contribution in [-0.2, 0) is 11.4 Å². The summed E-state index contributed by atoms with van der Waals surface area (Å²) in [4.78, 5) is 2.14. The first kappa shape index (κ1) is 16.7. The van der Waals surface area contributed by atoms with Crippen molar-refractivity contribution in [1.29, 1.82) is 0 Å². The molecule has 2 heterocycles. The van der Waals surface area contributed by atoms with E-state index < -0.39 is 5.82 Å². The number of nitrogens with one attached hydrogen (secondary N) is 1. The van der Waals surface area contributed by atoms with Crippen LogP contribution in [0.2, 0.25) is 0 Å². The number of thiocarbonyl (C=S) groups is 1. The quantitative estimate of drug-likeness (QED) is 0.656. The van der Waals surface area contributed by atoms with Crippen LogP contribution in [0.25, 0.3) is 10.9 Å². The van der Waals surface area contributed by atoms with Gasteiger partial charge in [0.1, 0.15) is 5.82 Å². The van der Waals surface area contributed by atoms with E-state index in [1.165, 1.54) is 12.1 Å². The number of ether oxygens (including phenoxy) is 1.